The number of amides is 11. The summed E-state index contributed by atoms with van der Waals surface area (Å²) in [7, 11) is 0. The molecule has 0 saturated carbocycles. The van der Waals surface area contributed by atoms with Gasteiger partial charge in [0.15, 0.2) is 5.96 Å². The number of nitrogens with one attached hydrogen (secondary N) is 12. The maximum atomic E-state index is 14.0. The van der Waals surface area contributed by atoms with Crippen LogP contribution in [-0.4, -0.2) is 195 Å². The lowest BCUT2D eigenvalue weighted by Crippen LogP contribution is -2.60. The molecule has 11 atom stereocenters. The fourth-order valence-electron chi connectivity index (χ4n) is 8.37. The number of rotatable bonds is 41. The highest BCUT2D eigenvalue weighted by molar-refractivity contribution is 7.98. The van der Waals surface area contributed by atoms with E-state index in [1.54, 1.807) is 34.0 Å². The van der Waals surface area contributed by atoms with Gasteiger partial charge in [-0.2, -0.15) is 11.8 Å². The van der Waals surface area contributed by atoms with Crippen LogP contribution < -0.4 is 75.7 Å². The van der Waals surface area contributed by atoms with Crippen molar-refractivity contribution in [3.05, 3.63) is 18.2 Å². The number of carboxylic acid groups (broad SMARTS) is 2. The minimum atomic E-state index is -1.85. The summed E-state index contributed by atoms with van der Waals surface area (Å²) in [5.74, 6) is -12.9. The second kappa shape index (κ2) is 39.6. The van der Waals surface area contributed by atoms with Gasteiger partial charge >= 0.3 is 11.9 Å². The van der Waals surface area contributed by atoms with Crippen molar-refractivity contribution in [2.45, 2.75) is 194 Å². The molecule has 0 fully saturated rings. The normalized spacial score (nSPS) is 15.0. The fraction of sp³-hybridized carbons (Fsp3) is 0.691. The highest BCUT2D eigenvalue weighted by atomic mass is 32.2. The van der Waals surface area contributed by atoms with Crippen LogP contribution in [0.4, 0.5) is 0 Å². The monoisotopic (exact) mass is 1270 g/mol. The third kappa shape index (κ3) is 30.5. The Morgan fingerprint density at radius 1 is 0.545 bits per heavy atom. The predicted octanol–water partition coefficient (Wildman–Crippen LogP) is -3.54. The third-order valence-corrected chi connectivity index (χ3v) is 13.7. The van der Waals surface area contributed by atoms with Crippen molar-refractivity contribution < 1.29 is 72.5 Å². The molecular weight excluding hydrogens is 1170 g/mol. The number of carbonyl (C=O) groups is 13. The van der Waals surface area contributed by atoms with Gasteiger partial charge in [-0.25, -0.2) is 9.78 Å². The summed E-state index contributed by atoms with van der Waals surface area (Å²) in [6.45, 7) is 17.5. The molecule has 88 heavy (non-hydrogen) atoms. The van der Waals surface area contributed by atoms with Gasteiger partial charge in [0.05, 0.1) is 25.3 Å². The van der Waals surface area contributed by atoms with Crippen LogP contribution in [0, 0.1) is 23.7 Å². The summed E-state index contributed by atoms with van der Waals surface area (Å²) in [6.07, 6.45) is 3.70. The molecule has 0 aliphatic heterocycles. The zero-order valence-electron chi connectivity index (χ0n) is 52.3. The van der Waals surface area contributed by atoms with Crippen LogP contribution in [0.15, 0.2) is 17.5 Å². The Morgan fingerprint density at radius 2 is 0.989 bits per heavy atom. The Balaban J connectivity index is 3.17. The number of aliphatic imine (C=N–C) groups is 1. The van der Waals surface area contributed by atoms with E-state index in [-0.39, 0.29) is 75.2 Å². The first kappa shape index (κ1) is 77.9. The molecule has 20 N–H and O–H groups in total. The molecule has 1 aromatic rings. The van der Waals surface area contributed by atoms with Gasteiger partial charge in [-0.05, 0) is 95.0 Å². The third-order valence-electron chi connectivity index (χ3n) is 13.1. The van der Waals surface area contributed by atoms with Gasteiger partial charge in [0.25, 0.3) is 0 Å². The number of guanidine groups is 1. The standard InChI is InChI=1S/C55H95N17O15S/c1-26(2)18-36(67-44(76)30(9)56)50(82)69-37(19-27(3)4)48(80)65-34(15-17-88-12)47(79)63-31(10)45(77)61-24-41(73)72-43(29(7)8)53(85)64-32(11)46(78)68-39(21-33-23-59-25-62-33)51(83)71-40(22-42(74)75)52(84)70-38(20-28(5)6)49(81)66-35(54(86)87)14-13-16-60-55(57)58/h23,25-32,34-40,43H,13-22,24,56H2,1-12H3,(H,59,62)(H,61,77)(H,63,79)(H,64,85)(H,65,80)(H,66,81)(H,67,76)(H,68,78)(H,69,82)(H,70,84)(H,71,83)(H,72,73)(H,74,75)(H,86,87)(H4,57,58,60)/t30-,31-,32-,34-,35-,36-,37-,38-,39-,40-,43-/m0/s1. The quantitative estimate of drug-likeness (QED) is 0.0172. The van der Waals surface area contributed by atoms with Gasteiger partial charge in [0.1, 0.15) is 60.4 Å². The minimum Gasteiger partial charge on any atom is -0.481 e. The van der Waals surface area contributed by atoms with Crippen molar-refractivity contribution in [2.24, 2.45) is 45.9 Å². The van der Waals surface area contributed by atoms with Gasteiger partial charge < -0.3 is 90.9 Å². The molecule has 0 spiro atoms. The van der Waals surface area contributed by atoms with Crippen molar-refractivity contribution >= 4 is 94.6 Å². The summed E-state index contributed by atoms with van der Waals surface area (Å²) in [5, 5.41) is 47.1. The summed E-state index contributed by atoms with van der Waals surface area (Å²) in [4.78, 5) is 183. The molecule has 0 bridgehead atoms. The Hall–Kier alpha value is -8.10. The van der Waals surface area contributed by atoms with Crippen LogP contribution in [0.2, 0.25) is 0 Å². The Morgan fingerprint density at radius 3 is 1.44 bits per heavy atom. The molecular formula is C55H95N17O15S. The van der Waals surface area contributed by atoms with Crippen LogP contribution in [0.1, 0.15) is 127 Å². The molecule has 11 amide bonds. The number of hydrogen-bond donors (Lipinski definition) is 17. The molecule has 1 aromatic heterocycles. The number of aromatic amines is 1. The van der Waals surface area contributed by atoms with Crippen molar-refractivity contribution in [1.82, 2.24) is 68.5 Å². The van der Waals surface area contributed by atoms with Gasteiger partial charge in [0, 0.05) is 24.9 Å². The van der Waals surface area contributed by atoms with Gasteiger partial charge in [-0.1, -0.05) is 55.4 Å². The Labute approximate surface area is 517 Å². The number of carbonyl (C=O) groups excluding carboxylic acids is 11. The first-order valence-corrected chi connectivity index (χ1v) is 30.5. The lowest BCUT2D eigenvalue weighted by molar-refractivity contribution is -0.143. The van der Waals surface area contributed by atoms with E-state index in [1.165, 1.54) is 45.1 Å². The minimum absolute atomic E-state index is 0.0141. The number of carboxylic acids is 2. The van der Waals surface area contributed by atoms with E-state index in [0.717, 1.165) is 0 Å². The molecule has 496 valence electrons. The average molecular weight is 1270 g/mol. The van der Waals surface area contributed by atoms with Crippen molar-refractivity contribution in [3.63, 3.8) is 0 Å². The summed E-state index contributed by atoms with van der Waals surface area (Å²) in [6, 6.07) is -14.4. The van der Waals surface area contributed by atoms with E-state index in [1.807, 2.05) is 27.7 Å². The number of H-pyrrole nitrogens is 1. The van der Waals surface area contributed by atoms with Crippen LogP contribution in [-0.2, 0) is 68.7 Å². The zero-order valence-corrected chi connectivity index (χ0v) is 53.1. The summed E-state index contributed by atoms with van der Waals surface area (Å²) in [5.41, 5.74) is 16.7. The smallest absolute Gasteiger partial charge is 0.326 e. The number of nitrogens with zero attached hydrogens (tertiary/aromatic N) is 2. The van der Waals surface area contributed by atoms with E-state index in [4.69, 9.17) is 17.2 Å². The molecule has 1 heterocycles. The number of aliphatic carboxylic acids is 2. The average Bonchev–Trinajstić information content (AvgIpc) is 3.63. The Kier molecular flexibility index (Phi) is 35.1. The molecule has 0 saturated heterocycles. The number of hydrogen-bond acceptors (Lipinski definition) is 17. The van der Waals surface area contributed by atoms with E-state index >= 15 is 0 Å². The van der Waals surface area contributed by atoms with Crippen LogP contribution in [0.5, 0.6) is 0 Å². The van der Waals surface area contributed by atoms with E-state index < -0.39 is 162 Å². The fourth-order valence-corrected chi connectivity index (χ4v) is 8.84. The number of thioether (sulfide) groups is 1. The molecule has 0 unspecified atom stereocenters. The Bertz CT molecular complexity index is 2550. The summed E-state index contributed by atoms with van der Waals surface area (Å²) < 4.78 is 0. The second-order valence-corrected chi connectivity index (χ2v) is 24.0. The maximum Gasteiger partial charge on any atom is 0.326 e. The molecule has 33 heteroatoms. The van der Waals surface area contributed by atoms with Gasteiger partial charge in [0.2, 0.25) is 65.0 Å². The zero-order chi connectivity index (χ0) is 67.1. The van der Waals surface area contributed by atoms with Crippen molar-refractivity contribution in [3.8, 4) is 0 Å². The number of nitrogens with two attached hydrogens (primary N) is 3. The highest BCUT2D eigenvalue weighted by Crippen LogP contribution is 2.13. The lowest BCUT2D eigenvalue weighted by atomic mass is 9.99. The highest BCUT2D eigenvalue weighted by Gasteiger charge is 2.36. The molecule has 0 aromatic carbocycles. The lowest BCUT2D eigenvalue weighted by Gasteiger charge is -2.27. The van der Waals surface area contributed by atoms with Crippen LogP contribution >= 0.6 is 11.8 Å². The topological polar surface area (TPSA) is 514 Å². The van der Waals surface area contributed by atoms with E-state index in [9.17, 15) is 72.5 Å². The molecule has 1 rings (SSSR count). The van der Waals surface area contributed by atoms with E-state index in [0.29, 0.717) is 11.4 Å². The first-order valence-electron chi connectivity index (χ1n) is 29.1. The van der Waals surface area contributed by atoms with Crippen LogP contribution in [0.25, 0.3) is 0 Å². The molecule has 0 aliphatic rings. The molecule has 0 aliphatic carbocycles. The maximum absolute atomic E-state index is 14.0. The van der Waals surface area contributed by atoms with Gasteiger partial charge in [-0.3, -0.25) is 62.5 Å². The van der Waals surface area contributed by atoms with E-state index in [2.05, 4.69) is 73.4 Å². The largest absolute Gasteiger partial charge is 0.481 e. The number of aromatic nitrogens is 2. The molecule has 0 radical (unpaired) electrons. The SMILES string of the molecule is CSCC[C@H](NC(=O)[C@H](CC(C)C)NC(=O)[C@H](CC(C)C)NC(=O)[C@H](C)N)C(=O)N[C@@H](C)C(=O)NCC(=O)N[C@H](C(=O)N[C@@H](C)C(=O)N[C@@H](Cc1cnc[nH]1)C(=O)N[C@@H](CC(=O)O)C(=O)N[C@@H](CC(C)C)C(=O)N[C@@H](CCCN=C(N)N)C(=O)O)C(C)C. The van der Waals surface area contributed by atoms with Crippen molar-refractivity contribution in [1.29, 1.82) is 0 Å². The second-order valence-electron chi connectivity index (χ2n) is 23.0. The molecule has 32 nitrogen and oxygen atoms in total. The van der Waals surface area contributed by atoms with Gasteiger partial charge in [-0.15, -0.1) is 0 Å². The van der Waals surface area contributed by atoms with Crippen LogP contribution in [0.3, 0.4) is 0 Å². The van der Waals surface area contributed by atoms with Crippen molar-refractivity contribution in [2.75, 3.05) is 25.1 Å². The number of imidazole rings is 1. The predicted molar refractivity (Wildman–Crippen MR) is 326 cm³/mol. The summed E-state index contributed by atoms with van der Waals surface area (Å²) >= 11 is 1.39. The first-order chi connectivity index (χ1) is 41.1.